The maximum Gasteiger partial charge on any atom is 0.282 e. The molecule has 4 atom stereocenters. The van der Waals surface area contributed by atoms with E-state index in [0.29, 0.717) is 16.6 Å². The Balaban J connectivity index is 0.00000176. The van der Waals surface area contributed by atoms with Gasteiger partial charge in [-0.15, -0.1) is 0 Å². The highest BCUT2D eigenvalue weighted by Crippen LogP contribution is 2.34. The summed E-state index contributed by atoms with van der Waals surface area (Å²) in [4.78, 5) is 8.29. The van der Waals surface area contributed by atoms with Crippen LogP contribution in [-0.2, 0) is 4.74 Å². The lowest BCUT2D eigenvalue weighted by atomic mass is 10.0. The van der Waals surface area contributed by atoms with Gasteiger partial charge in [0.05, 0.1) is 22.8 Å². The topological polar surface area (TPSA) is 72.5 Å². The van der Waals surface area contributed by atoms with Crippen LogP contribution in [0.15, 0.2) is 41.5 Å². The standard InChI is InChI=1S/C21H24ClF3N4O.C2H6/c1-11-7-19(11)30-21(26)29-18(9-20(24)25)15-8-14(4-5-16(15)23)28-12(2)17-6-3-13(22)10-27-17;1-2/h3-6,8,10-12,18-20,28H,7,9H2,1-2H3,(H2,26,29);1-2H3/t11-,12+,18+,19+;/m0./s1. The fraction of sp³-hybridized carbons (Fsp3) is 0.478. The SMILES string of the molecule is CC.C[C@@H](Nc1ccc(F)c([C@@H](CC(F)F)N=C(N)O[C@@H]2C[C@@H]2C)c1)c1ccc(Cl)cn1. The first kappa shape index (κ1) is 25.8. The Bertz CT molecular complexity index is 895. The van der Waals surface area contributed by atoms with Crippen molar-refractivity contribution >= 4 is 23.3 Å². The molecule has 5 nitrogen and oxygen atoms in total. The highest BCUT2D eigenvalue weighted by atomic mass is 35.5. The maximum atomic E-state index is 14.5. The third kappa shape index (κ3) is 7.58. The largest absolute Gasteiger partial charge is 0.462 e. The highest BCUT2D eigenvalue weighted by molar-refractivity contribution is 6.30. The monoisotopic (exact) mass is 470 g/mol. The van der Waals surface area contributed by atoms with Crippen molar-refractivity contribution in [3.8, 4) is 0 Å². The van der Waals surface area contributed by atoms with Crippen LogP contribution in [0.1, 0.15) is 63.9 Å². The number of benzene rings is 1. The van der Waals surface area contributed by atoms with E-state index in [0.717, 1.165) is 12.1 Å². The summed E-state index contributed by atoms with van der Waals surface area (Å²) in [5.74, 6) is -0.292. The molecule has 0 radical (unpaired) electrons. The number of hydrogen-bond acceptors (Lipinski definition) is 4. The van der Waals surface area contributed by atoms with Crippen molar-refractivity contribution in [1.82, 2.24) is 4.98 Å². The number of ether oxygens (including phenoxy) is 1. The fourth-order valence-electron chi connectivity index (χ4n) is 3.07. The third-order valence-corrected chi connectivity index (χ3v) is 5.15. The van der Waals surface area contributed by atoms with Crippen molar-refractivity contribution in [2.45, 2.75) is 65.1 Å². The average Bonchev–Trinajstić information content (AvgIpc) is 3.44. The first-order valence-electron chi connectivity index (χ1n) is 10.7. The van der Waals surface area contributed by atoms with E-state index >= 15 is 0 Å². The van der Waals surface area contributed by atoms with Gasteiger partial charge in [-0.25, -0.2) is 18.2 Å². The number of hydrogen-bond donors (Lipinski definition) is 2. The molecule has 9 heteroatoms. The smallest absolute Gasteiger partial charge is 0.282 e. The van der Waals surface area contributed by atoms with Crippen LogP contribution >= 0.6 is 11.6 Å². The molecule has 1 fully saturated rings. The van der Waals surface area contributed by atoms with Gasteiger partial charge >= 0.3 is 0 Å². The number of rotatable bonds is 8. The molecule has 3 rings (SSSR count). The quantitative estimate of drug-likeness (QED) is 0.340. The van der Waals surface area contributed by atoms with Crippen molar-refractivity contribution in [3.05, 3.63) is 58.6 Å². The fourth-order valence-corrected chi connectivity index (χ4v) is 3.18. The van der Waals surface area contributed by atoms with Crippen molar-refractivity contribution in [2.24, 2.45) is 16.6 Å². The van der Waals surface area contributed by atoms with Gasteiger partial charge in [0.15, 0.2) is 0 Å². The number of amidine groups is 1. The molecule has 0 bridgehead atoms. The van der Waals surface area contributed by atoms with Gasteiger partial charge in [-0.2, -0.15) is 0 Å². The molecule has 0 amide bonds. The molecule has 0 aliphatic heterocycles. The first-order chi connectivity index (χ1) is 15.2. The van der Waals surface area contributed by atoms with Gasteiger partial charge in [0.25, 0.3) is 6.02 Å². The molecular formula is C23H30ClF3N4O. The summed E-state index contributed by atoms with van der Waals surface area (Å²) in [5, 5.41) is 3.70. The lowest BCUT2D eigenvalue weighted by Crippen LogP contribution is -2.20. The summed E-state index contributed by atoms with van der Waals surface area (Å²) >= 11 is 5.86. The van der Waals surface area contributed by atoms with Crippen molar-refractivity contribution < 1.29 is 17.9 Å². The molecule has 1 aromatic carbocycles. The van der Waals surface area contributed by atoms with Gasteiger partial charge in [0, 0.05) is 23.9 Å². The second-order valence-electron chi connectivity index (χ2n) is 7.48. The van der Waals surface area contributed by atoms with Gasteiger partial charge in [0.1, 0.15) is 11.9 Å². The zero-order chi connectivity index (χ0) is 23.8. The second-order valence-corrected chi connectivity index (χ2v) is 7.92. The normalized spacial score (nSPS) is 19.6. The summed E-state index contributed by atoms with van der Waals surface area (Å²) in [6.45, 7) is 7.86. The van der Waals surface area contributed by atoms with Crippen LogP contribution in [0.25, 0.3) is 0 Å². The number of halogens is 4. The van der Waals surface area contributed by atoms with Gasteiger partial charge in [-0.05, 0) is 49.6 Å². The summed E-state index contributed by atoms with van der Waals surface area (Å²) in [6.07, 6.45) is -1.05. The zero-order valence-electron chi connectivity index (χ0n) is 18.7. The highest BCUT2D eigenvalue weighted by Gasteiger charge is 2.35. The Labute approximate surface area is 192 Å². The van der Waals surface area contributed by atoms with Crippen molar-refractivity contribution in [1.29, 1.82) is 0 Å². The van der Waals surface area contributed by atoms with Crippen LogP contribution in [0.4, 0.5) is 18.9 Å². The van der Waals surface area contributed by atoms with E-state index in [4.69, 9.17) is 22.1 Å². The Hall–Kier alpha value is -2.48. The van der Waals surface area contributed by atoms with Crippen molar-refractivity contribution in [3.63, 3.8) is 0 Å². The Morgan fingerprint density at radius 2 is 2.00 bits per heavy atom. The van der Waals surface area contributed by atoms with E-state index in [1.807, 2.05) is 27.7 Å². The Morgan fingerprint density at radius 1 is 1.31 bits per heavy atom. The second kappa shape index (κ2) is 11.9. The molecule has 0 saturated heterocycles. The molecule has 176 valence electrons. The van der Waals surface area contributed by atoms with Crippen LogP contribution in [-0.4, -0.2) is 23.5 Å². The molecule has 32 heavy (non-hydrogen) atoms. The van der Waals surface area contributed by atoms with Crippen LogP contribution in [0.5, 0.6) is 0 Å². The van der Waals surface area contributed by atoms with E-state index in [1.165, 1.54) is 24.4 Å². The number of nitrogens with zero attached hydrogens (tertiary/aromatic N) is 2. The minimum absolute atomic E-state index is 0.0203. The van der Waals surface area contributed by atoms with Gasteiger partial charge < -0.3 is 15.8 Å². The number of nitrogens with two attached hydrogens (primary N) is 1. The minimum Gasteiger partial charge on any atom is -0.462 e. The average molecular weight is 471 g/mol. The number of alkyl halides is 2. The predicted molar refractivity (Wildman–Crippen MR) is 123 cm³/mol. The number of aliphatic imine (C=N–C) groups is 1. The van der Waals surface area contributed by atoms with Crippen LogP contribution in [0.2, 0.25) is 5.02 Å². The molecule has 1 aliphatic rings. The molecular weight excluding hydrogens is 441 g/mol. The first-order valence-corrected chi connectivity index (χ1v) is 11.1. The number of pyridine rings is 1. The lowest BCUT2D eigenvalue weighted by Gasteiger charge is -2.19. The van der Waals surface area contributed by atoms with Crippen molar-refractivity contribution in [2.75, 3.05) is 5.32 Å². The van der Waals surface area contributed by atoms with Gasteiger partial charge in [-0.3, -0.25) is 4.98 Å². The van der Waals surface area contributed by atoms with E-state index < -0.39 is 24.7 Å². The van der Waals surface area contributed by atoms with Crippen LogP contribution in [0, 0.1) is 11.7 Å². The number of anilines is 1. The van der Waals surface area contributed by atoms with Gasteiger partial charge in [0.2, 0.25) is 6.43 Å². The number of nitrogens with one attached hydrogen (secondary N) is 1. The summed E-state index contributed by atoms with van der Waals surface area (Å²) < 4.78 is 46.2. The van der Waals surface area contributed by atoms with Crippen LogP contribution < -0.4 is 11.1 Å². The zero-order valence-corrected chi connectivity index (χ0v) is 19.4. The van der Waals surface area contributed by atoms with E-state index in [1.54, 1.807) is 12.1 Å². The van der Waals surface area contributed by atoms with E-state index in [9.17, 15) is 13.2 Å². The molecule has 1 saturated carbocycles. The maximum absolute atomic E-state index is 14.5. The molecule has 2 aromatic rings. The summed E-state index contributed by atoms with van der Waals surface area (Å²) in [5.41, 5.74) is 7.06. The molecule has 3 N–H and O–H groups in total. The summed E-state index contributed by atoms with van der Waals surface area (Å²) in [6, 6.07) is 6.11. The Kier molecular flexibility index (Phi) is 9.62. The molecule has 1 aliphatic carbocycles. The third-order valence-electron chi connectivity index (χ3n) is 4.92. The van der Waals surface area contributed by atoms with E-state index in [2.05, 4.69) is 15.3 Å². The molecule has 0 spiro atoms. The van der Waals surface area contributed by atoms with Crippen LogP contribution in [0.3, 0.4) is 0 Å². The Morgan fingerprint density at radius 3 is 2.56 bits per heavy atom. The van der Waals surface area contributed by atoms with Gasteiger partial charge in [-0.1, -0.05) is 32.4 Å². The molecule has 1 heterocycles. The predicted octanol–water partition coefficient (Wildman–Crippen LogP) is 6.51. The summed E-state index contributed by atoms with van der Waals surface area (Å²) in [7, 11) is 0. The lowest BCUT2D eigenvalue weighted by molar-refractivity contribution is 0.127. The van der Waals surface area contributed by atoms with E-state index in [-0.39, 0.29) is 23.7 Å². The minimum atomic E-state index is -2.68. The molecule has 0 unspecified atom stereocenters. The molecule has 1 aromatic heterocycles. The number of aromatic nitrogens is 1.